The fourth-order valence-electron chi connectivity index (χ4n) is 7.48. The number of amides is 9. The van der Waals surface area contributed by atoms with Gasteiger partial charge in [-0.05, 0) is 52.2 Å². The second-order valence-corrected chi connectivity index (χ2v) is 19.5. The molecule has 0 saturated heterocycles. The lowest BCUT2D eigenvalue weighted by atomic mass is 9.84. The summed E-state index contributed by atoms with van der Waals surface area (Å²) >= 11 is 0. The SMILES string of the molecule is CC1=CN(CC(=O)N(CCNC(=O)CN(CCNC(C)(C)C)C(=O)Cn2ccc(N)nc2=O)CC(=O)NCCN(C(=O)Cn2cnc3c(=O)[nH]c(N)cc32)[C@@H](CCCNC(N)=O)C(=O)C(C)(C)C)C(=O)NC1N. The Morgan fingerprint density at radius 3 is 2.01 bits per heavy atom. The molecular weight excluding hydrogens is 953 g/mol. The van der Waals surface area contributed by atoms with E-state index in [1.54, 1.807) is 27.7 Å². The van der Waals surface area contributed by atoms with Crippen LogP contribution in [0.4, 0.5) is 21.2 Å². The van der Waals surface area contributed by atoms with Crippen molar-refractivity contribution in [3.8, 4) is 0 Å². The van der Waals surface area contributed by atoms with E-state index in [0.717, 1.165) is 14.4 Å². The van der Waals surface area contributed by atoms with Gasteiger partial charge in [0.25, 0.3) is 5.56 Å². The maximum atomic E-state index is 14.3. The molecule has 0 aliphatic carbocycles. The molecule has 2 atom stereocenters. The van der Waals surface area contributed by atoms with Crippen LogP contribution in [0.25, 0.3) is 11.0 Å². The zero-order chi connectivity index (χ0) is 54.4. The smallest absolute Gasteiger partial charge is 0.349 e. The third-order valence-electron chi connectivity index (χ3n) is 11.3. The van der Waals surface area contributed by atoms with Crippen LogP contribution in [-0.2, 0) is 41.9 Å². The van der Waals surface area contributed by atoms with Crippen molar-refractivity contribution in [2.24, 2.45) is 16.9 Å². The van der Waals surface area contributed by atoms with Gasteiger partial charge in [-0.25, -0.2) is 19.4 Å². The number of aromatic amines is 1. The number of hydrogen-bond donors (Lipinski definition) is 10. The molecule has 4 rings (SSSR count). The Balaban J connectivity index is 1.53. The maximum absolute atomic E-state index is 14.3. The third-order valence-corrected chi connectivity index (χ3v) is 11.3. The summed E-state index contributed by atoms with van der Waals surface area (Å²) in [7, 11) is 0. The molecule has 0 saturated carbocycles. The number of nitrogen functional groups attached to an aromatic ring is 2. The molecular formula is C45H70N18O10. The number of fused-ring (bicyclic) bond motifs is 1. The topological polar surface area (TPSA) is 399 Å². The minimum atomic E-state index is -1.07. The highest BCUT2D eigenvalue weighted by atomic mass is 16.2. The first kappa shape index (κ1) is 57.7. The number of primary amides is 1. The Morgan fingerprint density at radius 1 is 0.808 bits per heavy atom. The first-order valence-electron chi connectivity index (χ1n) is 23.5. The van der Waals surface area contributed by atoms with Crippen molar-refractivity contribution in [3.63, 3.8) is 0 Å². The molecule has 73 heavy (non-hydrogen) atoms. The number of urea groups is 2. The molecule has 0 aromatic carbocycles. The number of imidazole rings is 1. The standard InChI is InChI=1S/C45H70N18O10/c1-27-20-61(43(73)57-39(27)48)24-35(67)58(16-12-50-32(64)22-59(17-14-54-45(5,6)7)34(66)23-60-15-10-30(46)56-42(60)72)21-33(65)51-13-18-63(28(38(69)44(2,3)4)9-8-11-52-41(49)71)36(68)25-62-26-53-37-29(62)19-31(47)55-40(37)70/h10,15,19-20,26,28,39,54H,8-9,11-14,16-18,21-25,48H2,1-7H3,(H,50,64)(H,51,65)(H,57,73)(H2,46,56,72)(H3,47,55,70)(H3,49,52,71)/t28-,39?/m0/s1. The number of anilines is 2. The molecule has 400 valence electrons. The van der Waals surface area contributed by atoms with E-state index in [-0.39, 0.29) is 86.1 Å². The van der Waals surface area contributed by atoms with Gasteiger partial charge in [0.05, 0.1) is 31.0 Å². The number of nitrogens with two attached hydrogens (primary N) is 4. The molecule has 0 spiro atoms. The van der Waals surface area contributed by atoms with Gasteiger partial charge in [0, 0.05) is 75.2 Å². The van der Waals surface area contributed by atoms with Crippen LogP contribution in [0.15, 0.2) is 46.0 Å². The van der Waals surface area contributed by atoms with Crippen LogP contribution >= 0.6 is 0 Å². The molecule has 0 fully saturated rings. The molecule has 1 aliphatic rings. The maximum Gasteiger partial charge on any atom is 0.349 e. The lowest BCUT2D eigenvalue weighted by Gasteiger charge is -2.35. The van der Waals surface area contributed by atoms with E-state index in [4.69, 9.17) is 22.9 Å². The Bertz CT molecular complexity index is 2660. The molecule has 1 aliphatic heterocycles. The number of nitrogens with zero attached hydrogens (tertiary/aromatic N) is 8. The van der Waals surface area contributed by atoms with Gasteiger partial charge >= 0.3 is 17.8 Å². The van der Waals surface area contributed by atoms with Gasteiger partial charge in [-0.15, -0.1) is 0 Å². The van der Waals surface area contributed by atoms with E-state index in [1.165, 1.54) is 45.2 Å². The largest absolute Gasteiger partial charge is 0.385 e. The summed E-state index contributed by atoms with van der Waals surface area (Å²) in [5.41, 5.74) is 20.9. The summed E-state index contributed by atoms with van der Waals surface area (Å²) in [6.45, 7) is 9.69. The van der Waals surface area contributed by atoms with Crippen molar-refractivity contribution in [3.05, 3.63) is 57.3 Å². The number of carbonyl (C=O) groups is 8. The predicted molar refractivity (Wildman–Crippen MR) is 268 cm³/mol. The number of Topliss-reactive ketones (excluding diaryl/α,β-unsaturated/α-hetero) is 1. The molecule has 28 heteroatoms. The van der Waals surface area contributed by atoms with E-state index in [0.29, 0.717) is 12.1 Å². The Labute approximate surface area is 421 Å². The van der Waals surface area contributed by atoms with Crippen LogP contribution in [-0.4, -0.2) is 174 Å². The molecule has 3 aromatic heterocycles. The minimum Gasteiger partial charge on any atom is -0.385 e. The number of carbonyl (C=O) groups excluding carboxylic acids is 8. The third kappa shape index (κ3) is 17.7. The zero-order valence-corrected chi connectivity index (χ0v) is 42.4. The molecule has 28 nitrogen and oxygen atoms in total. The van der Waals surface area contributed by atoms with Gasteiger partial charge in [0.2, 0.25) is 29.5 Å². The Morgan fingerprint density at radius 2 is 1.41 bits per heavy atom. The first-order valence-corrected chi connectivity index (χ1v) is 23.5. The fourth-order valence-corrected chi connectivity index (χ4v) is 7.48. The summed E-state index contributed by atoms with van der Waals surface area (Å²) in [5.74, 6) is -3.50. The summed E-state index contributed by atoms with van der Waals surface area (Å²) in [6.07, 6.45) is 3.55. The number of H-pyrrole nitrogens is 1. The minimum absolute atomic E-state index is 0.0240. The van der Waals surface area contributed by atoms with Crippen LogP contribution in [0.3, 0.4) is 0 Å². The van der Waals surface area contributed by atoms with Crippen molar-refractivity contribution < 1.29 is 38.4 Å². The van der Waals surface area contributed by atoms with Gasteiger partial charge < -0.3 is 73.8 Å². The molecule has 0 radical (unpaired) electrons. The molecule has 9 amide bonds. The average Bonchev–Trinajstić information content (AvgIpc) is 3.68. The van der Waals surface area contributed by atoms with Crippen LogP contribution in [0, 0.1) is 5.41 Å². The Kier molecular flexibility index (Phi) is 20.1. The molecule has 4 heterocycles. The number of rotatable bonds is 25. The van der Waals surface area contributed by atoms with Crippen LogP contribution in [0.2, 0.25) is 0 Å². The lowest BCUT2D eigenvalue weighted by Crippen LogP contribution is -2.55. The quantitative estimate of drug-likeness (QED) is 0.0376. The molecule has 0 bridgehead atoms. The van der Waals surface area contributed by atoms with Crippen molar-refractivity contribution in [2.45, 2.75) is 92.1 Å². The van der Waals surface area contributed by atoms with Gasteiger partial charge in [-0.3, -0.25) is 43.0 Å². The Hall–Kier alpha value is -7.88. The van der Waals surface area contributed by atoms with E-state index in [1.807, 2.05) is 20.8 Å². The number of pyridine rings is 1. The van der Waals surface area contributed by atoms with Crippen molar-refractivity contribution in [2.75, 3.05) is 76.9 Å². The first-order chi connectivity index (χ1) is 34.1. The van der Waals surface area contributed by atoms with E-state index < -0.39 is 103 Å². The highest BCUT2D eigenvalue weighted by molar-refractivity contribution is 5.93. The monoisotopic (exact) mass is 1020 g/mol. The second kappa shape index (κ2) is 25.5. The number of aromatic nitrogens is 5. The van der Waals surface area contributed by atoms with Crippen LogP contribution in [0.1, 0.15) is 61.3 Å². The van der Waals surface area contributed by atoms with E-state index >= 15 is 0 Å². The van der Waals surface area contributed by atoms with Crippen molar-refractivity contribution in [1.29, 1.82) is 0 Å². The van der Waals surface area contributed by atoms with Crippen molar-refractivity contribution in [1.82, 2.24) is 70.3 Å². The highest BCUT2D eigenvalue weighted by Gasteiger charge is 2.36. The lowest BCUT2D eigenvalue weighted by molar-refractivity contribution is -0.143. The van der Waals surface area contributed by atoms with E-state index in [2.05, 4.69) is 41.5 Å². The molecule has 3 aromatic rings. The van der Waals surface area contributed by atoms with Gasteiger partial charge in [0.15, 0.2) is 11.3 Å². The van der Waals surface area contributed by atoms with Crippen LogP contribution in [0.5, 0.6) is 0 Å². The normalized spacial score (nSPS) is 14.1. The molecule has 1 unspecified atom stereocenters. The summed E-state index contributed by atoms with van der Waals surface area (Å²) in [5, 5.41) is 13.6. The average molecular weight is 1020 g/mol. The molecule has 14 N–H and O–H groups in total. The van der Waals surface area contributed by atoms with Gasteiger partial charge in [-0.2, -0.15) is 4.98 Å². The number of nitrogens with one attached hydrogen (secondary N) is 6. The number of hydrogen-bond acceptors (Lipinski definition) is 16. The van der Waals surface area contributed by atoms with Crippen LogP contribution < -0.4 is 60.8 Å². The number of ketones is 1. The summed E-state index contributed by atoms with van der Waals surface area (Å²) < 4.78 is 2.46. The summed E-state index contributed by atoms with van der Waals surface area (Å²) in [4.78, 5) is 147. The van der Waals surface area contributed by atoms with Gasteiger partial charge in [0.1, 0.15) is 37.4 Å². The second-order valence-electron chi connectivity index (χ2n) is 19.5. The van der Waals surface area contributed by atoms with Gasteiger partial charge in [-0.1, -0.05) is 20.8 Å². The summed E-state index contributed by atoms with van der Waals surface area (Å²) in [6, 6.07) is 0.288. The van der Waals surface area contributed by atoms with E-state index in [9.17, 15) is 47.9 Å². The zero-order valence-electron chi connectivity index (χ0n) is 42.4. The highest BCUT2D eigenvalue weighted by Crippen LogP contribution is 2.24. The predicted octanol–water partition coefficient (Wildman–Crippen LogP) is -3.10. The van der Waals surface area contributed by atoms with Crippen molar-refractivity contribution >= 4 is 70.1 Å². The fraction of sp³-hybridized carbons (Fsp3) is 0.556.